The van der Waals surface area contributed by atoms with Gasteiger partial charge in [0.25, 0.3) is 0 Å². The molecule has 0 saturated heterocycles. The monoisotopic (exact) mass is 204 g/mol. The second-order valence-electron chi connectivity index (χ2n) is 4.08. The summed E-state index contributed by atoms with van der Waals surface area (Å²) >= 11 is 0. The Morgan fingerprint density at radius 2 is 2.27 bits per heavy atom. The van der Waals surface area contributed by atoms with E-state index in [1.54, 1.807) is 6.33 Å². The Labute approximate surface area is 89.9 Å². The number of nitrogens with zero attached hydrogens (tertiary/aromatic N) is 4. The van der Waals surface area contributed by atoms with Crippen molar-refractivity contribution in [2.75, 3.05) is 0 Å². The van der Waals surface area contributed by atoms with Gasteiger partial charge in [0.15, 0.2) is 0 Å². The van der Waals surface area contributed by atoms with E-state index in [4.69, 9.17) is 5.26 Å². The SMILES string of the molecule is CC[C@@H]1[C@@H](CC#N)c2ncnn2[C@H]1CC. The Hall–Kier alpha value is -1.37. The van der Waals surface area contributed by atoms with Crippen molar-refractivity contribution in [2.24, 2.45) is 5.92 Å². The third kappa shape index (κ3) is 1.43. The van der Waals surface area contributed by atoms with Crippen molar-refractivity contribution in [1.29, 1.82) is 5.26 Å². The van der Waals surface area contributed by atoms with E-state index in [2.05, 4.69) is 30.0 Å². The number of hydrogen-bond donors (Lipinski definition) is 0. The van der Waals surface area contributed by atoms with Gasteiger partial charge >= 0.3 is 0 Å². The summed E-state index contributed by atoms with van der Waals surface area (Å²) < 4.78 is 2.02. The smallest absolute Gasteiger partial charge is 0.138 e. The number of rotatable bonds is 3. The first kappa shape index (κ1) is 10.2. The maximum Gasteiger partial charge on any atom is 0.138 e. The van der Waals surface area contributed by atoms with Crippen LogP contribution in [-0.4, -0.2) is 14.8 Å². The molecule has 1 aliphatic rings. The Balaban J connectivity index is 2.36. The highest BCUT2D eigenvalue weighted by molar-refractivity contribution is 5.11. The van der Waals surface area contributed by atoms with Crippen molar-refractivity contribution in [2.45, 2.75) is 45.1 Å². The van der Waals surface area contributed by atoms with Crippen LogP contribution >= 0.6 is 0 Å². The van der Waals surface area contributed by atoms with Gasteiger partial charge in [-0.3, -0.25) is 0 Å². The molecule has 0 radical (unpaired) electrons. The highest BCUT2D eigenvalue weighted by atomic mass is 15.4. The van der Waals surface area contributed by atoms with Crippen LogP contribution in [0.3, 0.4) is 0 Å². The largest absolute Gasteiger partial charge is 0.246 e. The van der Waals surface area contributed by atoms with E-state index < -0.39 is 0 Å². The topological polar surface area (TPSA) is 54.5 Å². The molecular weight excluding hydrogens is 188 g/mol. The van der Waals surface area contributed by atoms with Gasteiger partial charge in [0.2, 0.25) is 0 Å². The Morgan fingerprint density at radius 1 is 1.47 bits per heavy atom. The summed E-state index contributed by atoms with van der Waals surface area (Å²) in [5.74, 6) is 1.83. The minimum Gasteiger partial charge on any atom is -0.246 e. The van der Waals surface area contributed by atoms with E-state index in [0.29, 0.717) is 18.4 Å². The molecule has 1 aliphatic heterocycles. The van der Waals surface area contributed by atoms with E-state index in [9.17, 15) is 0 Å². The molecule has 0 fully saturated rings. The van der Waals surface area contributed by atoms with E-state index in [0.717, 1.165) is 18.7 Å². The van der Waals surface area contributed by atoms with Gasteiger partial charge in [-0.15, -0.1) is 0 Å². The van der Waals surface area contributed by atoms with Crippen LogP contribution in [0.15, 0.2) is 6.33 Å². The Morgan fingerprint density at radius 3 is 2.87 bits per heavy atom. The first-order chi connectivity index (χ1) is 7.33. The van der Waals surface area contributed by atoms with Gasteiger partial charge in [0.05, 0.1) is 12.1 Å². The van der Waals surface area contributed by atoms with Crippen LogP contribution in [0.2, 0.25) is 0 Å². The van der Waals surface area contributed by atoms with Crippen LogP contribution in [0.5, 0.6) is 0 Å². The molecule has 4 heteroatoms. The average Bonchev–Trinajstić information content (AvgIpc) is 2.79. The molecule has 0 unspecified atom stereocenters. The first-order valence-corrected chi connectivity index (χ1v) is 5.59. The van der Waals surface area contributed by atoms with E-state index in [1.165, 1.54) is 0 Å². The fraction of sp³-hybridized carbons (Fsp3) is 0.727. The summed E-state index contributed by atoms with van der Waals surface area (Å²) in [7, 11) is 0. The number of hydrogen-bond acceptors (Lipinski definition) is 3. The second kappa shape index (κ2) is 4.01. The molecule has 1 aromatic rings. The van der Waals surface area contributed by atoms with Crippen molar-refractivity contribution >= 4 is 0 Å². The zero-order chi connectivity index (χ0) is 10.8. The fourth-order valence-electron chi connectivity index (χ4n) is 2.79. The lowest BCUT2D eigenvalue weighted by Crippen LogP contribution is -2.14. The second-order valence-corrected chi connectivity index (χ2v) is 4.08. The van der Waals surface area contributed by atoms with Gasteiger partial charge in [-0.25, -0.2) is 9.67 Å². The molecule has 80 valence electrons. The molecule has 0 saturated carbocycles. The zero-order valence-corrected chi connectivity index (χ0v) is 9.22. The van der Waals surface area contributed by atoms with Crippen LogP contribution in [0, 0.1) is 17.2 Å². The minimum atomic E-state index is 0.285. The summed E-state index contributed by atoms with van der Waals surface area (Å²) in [6.07, 6.45) is 4.33. The predicted molar refractivity (Wildman–Crippen MR) is 56.1 cm³/mol. The van der Waals surface area contributed by atoms with Crippen LogP contribution in [0.1, 0.15) is 50.9 Å². The number of aromatic nitrogens is 3. The summed E-state index contributed by atoms with van der Waals surface area (Å²) in [5, 5.41) is 13.1. The van der Waals surface area contributed by atoms with Crippen LogP contribution in [0.4, 0.5) is 0 Å². The van der Waals surface area contributed by atoms with Crippen LogP contribution < -0.4 is 0 Å². The molecule has 0 bridgehead atoms. The molecule has 0 aromatic carbocycles. The summed E-state index contributed by atoms with van der Waals surface area (Å²) in [4.78, 5) is 4.29. The van der Waals surface area contributed by atoms with E-state index in [-0.39, 0.29) is 5.92 Å². The summed E-state index contributed by atoms with van der Waals surface area (Å²) in [5.41, 5.74) is 0. The normalized spacial score (nSPS) is 28.7. The summed E-state index contributed by atoms with van der Waals surface area (Å²) in [6.45, 7) is 4.36. The van der Waals surface area contributed by atoms with Crippen molar-refractivity contribution < 1.29 is 0 Å². The van der Waals surface area contributed by atoms with Crippen molar-refractivity contribution in [1.82, 2.24) is 14.8 Å². The fourth-order valence-corrected chi connectivity index (χ4v) is 2.79. The van der Waals surface area contributed by atoms with Crippen LogP contribution in [-0.2, 0) is 0 Å². The molecule has 0 aliphatic carbocycles. The average molecular weight is 204 g/mol. The summed E-state index contributed by atoms with van der Waals surface area (Å²) in [6, 6.07) is 2.70. The van der Waals surface area contributed by atoms with E-state index in [1.807, 2.05) is 4.68 Å². The quantitative estimate of drug-likeness (QED) is 0.758. The highest BCUT2D eigenvalue weighted by Crippen LogP contribution is 2.44. The predicted octanol–water partition coefficient (Wildman–Crippen LogP) is 2.27. The van der Waals surface area contributed by atoms with Crippen molar-refractivity contribution in [3.8, 4) is 6.07 Å². The first-order valence-electron chi connectivity index (χ1n) is 5.59. The molecule has 0 N–H and O–H groups in total. The lowest BCUT2D eigenvalue weighted by molar-refractivity contribution is 0.309. The lowest BCUT2D eigenvalue weighted by Gasteiger charge is -2.20. The van der Waals surface area contributed by atoms with Crippen LogP contribution in [0.25, 0.3) is 0 Å². The lowest BCUT2D eigenvalue weighted by atomic mass is 9.84. The molecule has 0 amide bonds. The van der Waals surface area contributed by atoms with Gasteiger partial charge in [-0.05, 0) is 12.3 Å². The number of fused-ring (bicyclic) bond motifs is 1. The van der Waals surface area contributed by atoms with Crippen molar-refractivity contribution in [3.05, 3.63) is 12.2 Å². The van der Waals surface area contributed by atoms with Crippen molar-refractivity contribution in [3.63, 3.8) is 0 Å². The molecule has 2 rings (SSSR count). The van der Waals surface area contributed by atoms with Gasteiger partial charge in [0.1, 0.15) is 12.2 Å². The Bertz CT molecular complexity index is 376. The maximum atomic E-state index is 8.85. The number of nitriles is 1. The third-order valence-corrected chi connectivity index (χ3v) is 3.46. The molecular formula is C11H16N4. The maximum absolute atomic E-state index is 8.85. The molecule has 1 aromatic heterocycles. The van der Waals surface area contributed by atoms with Gasteiger partial charge < -0.3 is 0 Å². The zero-order valence-electron chi connectivity index (χ0n) is 9.22. The highest BCUT2D eigenvalue weighted by Gasteiger charge is 2.40. The van der Waals surface area contributed by atoms with Gasteiger partial charge in [0, 0.05) is 12.3 Å². The molecule has 3 atom stereocenters. The van der Waals surface area contributed by atoms with Gasteiger partial charge in [-0.2, -0.15) is 10.4 Å². The molecule has 0 spiro atoms. The third-order valence-electron chi connectivity index (χ3n) is 3.46. The van der Waals surface area contributed by atoms with E-state index >= 15 is 0 Å². The molecule has 15 heavy (non-hydrogen) atoms. The minimum absolute atomic E-state index is 0.285. The standard InChI is InChI=1S/C11H16N4/c1-3-8-9(5-6-12)11-13-7-14-15(11)10(8)4-2/h7-10H,3-5H2,1-2H3/t8-,9-,10+/m1/s1. The Kier molecular flexibility index (Phi) is 2.72. The molecule has 4 nitrogen and oxygen atoms in total. The molecule has 2 heterocycles. The van der Waals surface area contributed by atoms with Gasteiger partial charge in [-0.1, -0.05) is 20.3 Å².